The summed E-state index contributed by atoms with van der Waals surface area (Å²) in [5, 5.41) is 57.7. The van der Waals surface area contributed by atoms with E-state index in [4.69, 9.17) is 9.47 Å². The Balaban J connectivity index is 1.67. The number of esters is 1. The van der Waals surface area contributed by atoms with E-state index in [1.54, 1.807) is 0 Å². The SMILES string of the molecule is CC(=O)OCC1(O)C2CCC3C45COC(O)(C(O)C4C(C)(C)CCC5O)C3(C2)C1O. The van der Waals surface area contributed by atoms with Gasteiger partial charge >= 0.3 is 5.97 Å². The first-order valence-electron chi connectivity index (χ1n) is 11.1. The first-order valence-corrected chi connectivity index (χ1v) is 11.1. The van der Waals surface area contributed by atoms with Gasteiger partial charge < -0.3 is 35.0 Å². The van der Waals surface area contributed by atoms with Gasteiger partial charge in [0.15, 0.2) is 0 Å². The Bertz CT molecular complexity index is 770. The average molecular weight is 427 g/mol. The summed E-state index contributed by atoms with van der Waals surface area (Å²) in [6, 6.07) is 0. The van der Waals surface area contributed by atoms with E-state index >= 15 is 0 Å². The molecule has 2 heterocycles. The van der Waals surface area contributed by atoms with E-state index in [2.05, 4.69) is 13.8 Å². The van der Waals surface area contributed by atoms with Crippen LogP contribution in [0.2, 0.25) is 0 Å². The van der Waals surface area contributed by atoms with Gasteiger partial charge in [-0.15, -0.1) is 0 Å². The molecule has 0 aromatic rings. The highest BCUT2D eigenvalue weighted by molar-refractivity contribution is 5.66. The predicted octanol–water partition coefficient (Wildman–Crippen LogP) is -0.0654. The van der Waals surface area contributed by atoms with Gasteiger partial charge in [-0.3, -0.25) is 4.79 Å². The zero-order valence-electron chi connectivity index (χ0n) is 17.9. The van der Waals surface area contributed by atoms with Gasteiger partial charge in [0.25, 0.3) is 0 Å². The van der Waals surface area contributed by atoms with Crippen LogP contribution in [0, 0.1) is 34.0 Å². The third-order valence-electron chi connectivity index (χ3n) is 9.86. The highest BCUT2D eigenvalue weighted by Gasteiger charge is 2.86. The van der Waals surface area contributed by atoms with Crippen molar-refractivity contribution in [2.24, 2.45) is 34.0 Å². The van der Waals surface area contributed by atoms with Crippen LogP contribution in [0.4, 0.5) is 0 Å². The number of carbonyl (C=O) groups is 1. The molecule has 0 aromatic heterocycles. The van der Waals surface area contributed by atoms with Gasteiger partial charge in [-0.2, -0.15) is 0 Å². The zero-order chi connectivity index (χ0) is 21.9. The Morgan fingerprint density at radius 1 is 1.13 bits per heavy atom. The van der Waals surface area contributed by atoms with Crippen LogP contribution < -0.4 is 0 Å². The van der Waals surface area contributed by atoms with Crippen molar-refractivity contribution >= 4 is 5.97 Å². The topological polar surface area (TPSA) is 137 Å². The molecule has 30 heavy (non-hydrogen) atoms. The normalized spacial score (nSPS) is 58.1. The summed E-state index contributed by atoms with van der Waals surface area (Å²) in [7, 11) is 0. The van der Waals surface area contributed by atoms with Gasteiger partial charge in [-0.1, -0.05) is 13.8 Å². The Hall–Kier alpha value is -0.770. The summed E-state index contributed by atoms with van der Waals surface area (Å²) >= 11 is 0. The maximum absolute atomic E-state index is 11.9. The van der Waals surface area contributed by atoms with Crippen molar-refractivity contribution in [1.82, 2.24) is 0 Å². The summed E-state index contributed by atoms with van der Waals surface area (Å²) in [4.78, 5) is 11.4. The molecule has 170 valence electrons. The minimum atomic E-state index is -2.04. The van der Waals surface area contributed by atoms with Crippen LogP contribution in [0.1, 0.15) is 52.9 Å². The largest absolute Gasteiger partial charge is 0.463 e. The van der Waals surface area contributed by atoms with Crippen LogP contribution in [0.3, 0.4) is 0 Å². The zero-order valence-corrected chi connectivity index (χ0v) is 17.9. The van der Waals surface area contributed by atoms with E-state index in [-0.39, 0.29) is 31.0 Å². The van der Waals surface area contributed by atoms with Crippen molar-refractivity contribution in [3.8, 4) is 0 Å². The van der Waals surface area contributed by atoms with E-state index < -0.39 is 58.3 Å². The van der Waals surface area contributed by atoms with Gasteiger partial charge in [0, 0.05) is 18.3 Å². The maximum Gasteiger partial charge on any atom is 0.302 e. The molecule has 5 N–H and O–H groups in total. The van der Waals surface area contributed by atoms with Crippen LogP contribution in [-0.2, 0) is 14.3 Å². The summed E-state index contributed by atoms with van der Waals surface area (Å²) in [6.45, 7) is 5.09. The number of carbonyl (C=O) groups excluding carboxylic acids is 1. The number of aliphatic hydroxyl groups excluding tert-OH is 3. The van der Waals surface area contributed by atoms with Crippen molar-refractivity contribution in [2.75, 3.05) is 13.2 Å². The van der Waals surface area contributed by atoms with Crippen molar-refractivity contribution < 1.29 is 39.8 Å². The highest BCUT2D eigenvalue weighted by atomic mass is 16.6. The third-order valence-corrected chi connectivity index (χ3v) is 9.86. The lowest BCUT2D eigenvalue weighted by Crippen LogP contribution is -2.84. The van der Waals surface area contributed by atoms with Crippen molar-refractivity contribution in [2.45, 2.75) is 82.6 Å². The highest BCUT2D eigenvalue weighted by Crippen LogP contribution is 2.77. The molecule has 2 saturated heterocycles. The molecular formula is C22H34O8. The Kier molecular flexibility index (Phi) is 4.20. The van der Waals surface area contributed by atoms with E-state index in [1.165, 1.54) is 6.92 Å². The molecule has 8 nitrogen and oxygen atoms in total. The van der Waals surface area contributed by atoms with Gasteiger partial charge in [-0.05, 0) is 49.4 Å². The lowest BCUT2D eigenvalue weighted by atomic mass is 9.36. The molecule has 4 aliphatic carbocycles. The molecule has 0 aromatic carbocycles. The fraction of sp³-hybridized carbons (Fsp3) is 0.955. The molecule has 6 aliphatic rings. The molecule has 4 saturated carbocycles. The Morgan fingerprint density at radius 2 is 1.83 bits per heavy atom. The molecule has 0 amide bonds. The van der Waals surface area contributed by atoms with Crippen LogP contribution in [0.15, 0.2) is 0 Å². The summed E-state index contributed by atoms with van der Waals surface area (Å²) < 4.78 is 11.0. The molecule has 4 bridgehead atoms. The quantitative estimate of drug-likeness (QED) is 0.387. The fourth-order valence-corrected chi connectivity index (χ4v) is 8.71. The second-order valence-electron chi connectivity index (χ2n) is 11.3. The molecule has 10 atom stereocenters. The predicted molar refractivity (Wildman–Crippen MR) is 103 cm³/mol. The van der Waals surface area contributed by atoms with Crippen LogP contribution in [0.25, 0.3) is 0 Å². The number of hydrogen-bond acceptors (Lipinski definition) is 8. The minimum absolute atomic E-state index is 0.113. The number of aliphatic hydroxyl groups is 5. The number of rotatable bonds is 2. The average Bonchev–Trinajstić information content (AvgIpc) is 2.84. The smallest absolute Gasteiger partial charge is 0.302 e. The second kappa shape index (κ2) is 5.97. The van der Waals surface area contributed by atoms with Gasteiger partial charge in [0.1, 0.15) is 18.3 Å². The first-order chi connectivity index (χ1) is 13.9. The van der Waals surface area contributed by atoms with Crippen molar-refractivity contribution in [3.05, 3.63) is 0 Å². The molecule has 0 radical (unpaired) electrons. The number of ether oxygens (including phenoxy) is 2. The number of fused-ring (bicyclic) bond motifs is 2. The van der Waals surface area contributed by atoms with Crippen molar-refractivity contribution in [3.63, 3.8) is 0 Å². The summed E-state index contributed by atoms with van der Waals surface area (Å²) in [5.41, 5.74) is -4.22. The van der Waals surface area contributed by atoms with Crippen LogP contribution in [0.5, 0.6) is 0 Å². The number of hydrogen-bond donors (Lipinski definition) is 5. The van der Waals surface area contributed by atoms with Crippen molar-refractivity contribution in [1.29, 1.82) is 0 Å². The Labute approximate surface area is 176 Å². The third kappa shape index (κ3) is 2.07. The maximum atomic E-state index is 11.9. The standard InChI is InChI=1S/C22H34O8/c1-11(23)29-10-21(27)12-4-5-13-19-9-30-22(28,20(13,8-12)17(21)26)16(25)15(19)18(2,3)7-6-14(19)24/h12-17,24-28H,4-10H2,1-3H3. The fourth-order valence-electron chi connectivity index (χ4n) is 8.71. The van der Waals surface area contributed by atoms with E-state index in [0.29, 0.717) is 19.3 Å². The first kappa shape index (κ1) is 21.1. The lowest BCUT2D eigenvalue weighted by molar-refractivity contribution is -0.468. The molecule has 8 heteroatoms. The van der Waals surface area contributed by atoms with E-state index in [1.807, 2.05) is 0 Å². The lowest BCUT2D eigenvalue weighted by Gasteiger charge is -2.75. The van der Waals surface area contributed by atoms with E-state index in [9.17, 15) is 30.3 Å². The Morgan fingerprint density at radius 3 is 2.50 bits per heavy atom. The molecule has 6 rings (SSSR count). The minimum Gasteiger partial charge on any atom is -0.463 e. The van der Waals surface area contributed by atoms with Crippen LogP contribution >= 0.6 is 0 Å². The monoisotopic (exact) mass is 426 g/mol. The molecule has 6 fully saturated rings. The summed E-state index contributed by atoms with van der Waals surface area (Å²) in [5.74, 6) is -3.74. The van der Waals surface area contributed by atoms with Crippen LogP contribution in [-0.4, -0.2) is 74.4 Å². The van der Waals surface area contributed by atoms with Gasteiger partial charge in [-0.25, -0.2) is 0 Å². The van der Waals surface area contributed by atoms with Gasteiger partial charge in [0.05, 0.1) is 24.2 Å². The molecule has 2 spiro atoms. The second-order valence-corrected chi connectivity index (χ2v) is 11.3. The molecule has 10 unspecified atom stereocenters. The summed E-state index contributed by atoms with van der Waals surface area (Å²) in [6.07, 6.45) is -0.819. The van der Waals surface area contributed by atoms with Gasteiger partial charge in [0.2, 0.25) is 5.79 Å². The van der Waals surface area contributed by atoms with E-state index in [0.717, 1.165) is 6.42 Å². The molecular weight excluding hydrogens is 392 g/mol. The molecule has 2 aliphatic heterocycles.